The summed E-state index contributed by atoms with van der Waals surface area (Å²) in [5.41, 5.74) is 2.59. The number of unbranched alkanes of at least 4 members (excludes halogenated alkanes) is 4. The number of hydrogen-bond acceptors (Lipinski definition) is 1. The van der Waals surface area contributed by atoms with E-state index in [2.05, 4.69) is 43.7 Å². The molecule has 0 aliphatic heterocycles. The third-order valence-corrected chi connectivity index (χ3v) is 3.75. The molecule has 0 bridgehead atoms. The van der Waals surface area contributed by atoms with Gasteiger partial charge in [-0.05, 0) is 25.8 Å². The van der Waals surface area contributed by atoms with E-state index in [4.69, 9.17) is 0 Å². The molecule has 1 aromatic rings. The lowest BCUT2D eigenvalue weighted by atomic mass is 9.92. The Morgan fingerprint density at radius 2 is 1.78 bits per heavy atom. The average molecular weight is 250 g/mol. The van der Waals surface area contributed by atoms with Gasteiger partial charge in [0.15, 0.2) is 0 Å². The van der Waals surface area contributed by atoms with Gasteiger partial charge in [0, 0.05) is 18.7 Å². The molecule has 0 aromatic carbocycles. The van der Waals surface area contributed by atoms with E-state index in [0.29, 0.717) is 5.92 Å². The summed E-state index contributed by atoms with van der Waals surface area (Å²) in [5.74, 6) is 0.711. The quantitative estimate of drug-likeness (QED) is 0.566. The smallest absolute Gasteiger partial charge is 0.0596 e. The van der Waals surface area contributed by atoms with Gasteiger partial charge in [0.25, 0.3) is 0 Å². The zero-order valence-corrected chi connectivity index (χ0v) is 12.7. The second-order valence-corrected chi connectivity index (χ2v) is 5.52. The van der Waals surface area contributed by atoms with Crippen LogP contribution in [0.25, 0.3) is 0 Å². The number of aryl methyl sites for hydroxylation is 2. The van der Waals surface area contributed by atoms with Gasteiger partial charge in [-0.25, -0.2) is 0 Å². The van der Waals surface area contributed by atoms with Crippen molar-refractivity contribution in [3.8, 4) is 0 Å². The summed E-state index contributed by atoms with van der Waals surface area (Å²) in [6, 6.07) is 2.27. The van der Waals surface area contributed by atoms with Crippen LogP contribution in [0.2, 0.25) is 0 Å². The van der Waals surface area contributed by atoms with E-state index in [9.17, 15) is 0 Å². The van der Waals surface area contributed by atoms with Crippen molar-refractivity contribution in [3.05, 3.63) is 17.5 Å². The minimum Gasteiger partial charge on any atom is -0.272 e. The monoisotopic (exact) mass is 250 g/mol. The Kier molecular flexibility index (Phi) is 7.07. The SMILES string of the molecule is CCCCCCCC(CCC)c1cc(C)nn1C. The Balaban J connectivity index is 2.47. The van der Waals surface area contributed by atoms with Crippen molar-refractivity contribution >= 4 is 0 Å². The van der Waals surface area contributed by atoms with Gasteiger partial charge in [-0.15, -0.1) is 0 Å². The van der Waals surface area contributed by atoms with E-state index in [1.807, 2.05) is 0 Å². The van der Waals surface area contributed by atoms with E-state index in [1.54, 1.807) is 0 Å². The molecular formula is C16H30N2. The summed E-state index contributed by atoms with van der Waals surface area (Å²) in [4.78, 5) is 0. The van der Waals surface area contributed by atoms with E-state index in [1.165, 1.54) is 57.1 Å². The standard InChI is InChI=1S/C16H30N2/c1-5-7-8-9-10-12-15(11-6-2)16-13-14(3)17-18(16)4/h13,15H,5-12H2,1-4H3. The molecule has 1 atom stereocenters. The molecule has 0 fully saturated rings. The summed E-state index contributed by atoms with van der Waals surface area (Å²) < 4.78 is 2.09. The Bertz CT molecular complexity index is 328. The number of aromatic nitrogens is 2. The molecule has 0 radical (unpaired) electrons. The molecular weight excluding hydrogens is 220 g/mol. The lowest BCUT2D eigenvalue weighted by molar-refractivity contribution is 0.489. The molecule has 0 saturated carbocycles. The van der Waals surface area contributed by atoms with Gasteiger partial charge in [-0.1, -0.05) is 52.4 Å². The Labute approximate surface area is 113 Å². The Morgan fingerprint density at radius 1 is 1.06 bits per heavy atom. The van der Waals surface area contributed by atoms with Crippen molar-refractivity contribution in [2.75, 3.05) is 0 Å². The van der Waals surface area contributed by atoms with Crippen molar-refractivity contribution in [1.82, 2.24) is 9.78 Å². The fraction of sp³-hybridized carbons (Fsp3) is 0.812. The maximum Gasteiger partial charge on any atom is 0.0596 e. The molecule has 1 unspecified atom stereocenters. The van der Waals surface area contributed by atoms with Crippen molar-refractivity contribution < 1.29 is 0 Å². The minimum absolute atomic E-state index is 0.711. The van der Waals surface area contributed by atoms with Crippen LogP contribution < -0.4 is 0 Å². The summed E-state index contributed by atoms with van der Waals surface area (Å²) in [5, 5.41) is 4.49. The first kappa shape index (κ1) is 15.3. The topological polar surface area (TPSA) is 17.8 Å². The lowest BCUT2D eigenvalue weighted by Gasteiger charge is -2.16. The molecule has 0 N–H and O–H groups in total. The van der Waals surface area contributed by atoms with E-state index in [0.717, 1.165) is 5.69 Å². The molecule has 0 saturated heterocycles. The fourth-order valence-corrected chi connectivity index (χ4v) is 2.80. The van der Waals surface area contributed by atoms with Crippen molar-refractivity contribution in [3.63, 3.8) is 0 Å². The van der Waals surface area contributed by atoms with E-state index < -0.39 is 0 Å². The van der Waals surface area contributed by atoms with Gasteiger partial charge >= 0.3 is 0 Å². The molecule has 2 heteroatoms. The van der Waals surface area contributed by atoms with Gasteiger partial charge in [0.2, 0.25) is 0 Å². The predicted octanol–water partition coefficient (Wildman–Crippen LogP) is 4.97. The number of rotatable bonds is 9. The molecule has 0 amide bonds. The molecule has 1 rings (SSSR count). The molecule has 0 aliphatic rings. The third-order valence-electron chi connectivity index (χ3n) is 3.75. The highest BCUT2D eigenvalue weighted by atomic mass is 15.3. The van der Waals surface area contributed by atoms with Crippen LogP contribution in [-0.2, 0) is 7.05 Å². The highest BCUT2D eigenvalue weighted by molar-refractivity contribution is 5.13. The molecule has 2 nitrogen and oxygen atoms in total. The largest absolute Gasteiger partial charge is 0.272 e. The first-order chi connectivity index (χ1) is 8.69. The van der Waals surface area contributed by atoms with E-state index >= 15 is 0 Å². The normalized spacial score (nSPS) is 12.9. The van der Waals surface area contributed by atoms with Crippen LogP contribution in [-0.4, -0.2) is 9.78 Å². The van der Waals surface area contributed by atoms with Crippen LogP contribution in [0.4, 0.5) is 0 Å². The molecule has 0 aliphatic carbocycles. The zero-order valence-electron chi connectivity index (χ0n) is 12.7. The second-order valence-electron chi connectivity index (χ2n) is 5.52. The summed E-state index contributed by atoms with van der Waals surface area (Å²) in [6.07, 6.45) is 10.8. The van der Waals surface area contributed by atoms with Crippen molar-refractivity contribution in [2.24, 2.45) is 7.05 Å². The summed E-state index contributed by atoms with van der Waals surface area (Å²) in [7, 11) is 2.09. The fourth-order valence-electron chi connectivity index (χ4n) is 2.80. The van der Waals surface area contributed by atoms with E-state index in [-0.39, 0.29) is 0 Å². The van der Waals surface area contributed by atoms with Gasteiger partial charge < -0.3 is 0 Å². The minimum atomic E-state index is 0.711. The summed E-state index contributed by atoms with van der Waals surface area (Å²) in [6.45, 7) is 6.65. The van der Waals surface area contributed by atoms with Crippen molar-refractivity contribution in [1.29, 1.82) is 0 Å². The lowest BCUT2D eigenvalue weighted by Crippen LogP contribution is -2.06. The molecule has 1 heterocycles. The van der Waals surface area contributed by atoms with Crippen molar-refractivity contribution in [2.45, 2.75) is 78.1 Å². The van der Waals surface area contributed by atoms with Crippen LogP contribution in [0.3, 0.4) is 0 Å². The first-order valence-electron chi connectivity index (χ1n) is 7.69. The molecule has 0 spiro atoms. The van der Waals surface area contributed by atoms with Crippen LogP contribution in [0.15, 0.2) is 6.07 Å². The number of nitrogens with zero attached hydrogens (tertiary/aromatic N) is 2. The second kappa shape index (κ2) is 8.34. The van der Waals surface area contributed by atoms with Gasteiger partial charge in [-0.2, -0.15) is 5.10 Å². The number of hydrogen-bond donors (Lipinski definition) is 0. The van der Waals surface area contributed by atoms with Crippen LogP contribution in [0, 0.1) is 6.92 Å². The van der Waals surface area contributed by atoms with Crippen LogP contribution in [0.5, 0.6) is 0 Å². The van der Waals surface area contributed by atoms with Gasteiger partial charge in [-0.3, -0.25) is 4.68 Å². The molecule has 18 heavy (non-hydrogen) atoms. The Hall–Kier alpha value is -0.790. The maximum absolute atomic E-state index is 4.49. The third kappa shape index (κ3) is 4.83. The molecule has 1 aromatic heterocycles. The highest BCUT2D eigenvalue weighted by Gasteiger charge is 2.14. The highest BCUT2D eigenvalue weighted by Crippen LogP contribution is 2.27. The van der Waals surface area contributed by atoms with Gasteiger partial charge in [0.05, 0.1) is 5.69 Å². The Morgan fingerprint density at radius 3 is 2.33 bits per heavy atom. The van der Waals surface area contributed by atoms with Gasteiger partial charge in [0.1, 0.15) is 0 Å². The van der Waals surface area contributed by atoms with Crippen LogP contribution in [0.1, 0.15) is 82.5 Å². The average Bonchev–Trinajstić information content (AvgIpc) is 2.67. The molecule has 104 valence electrons. The first-order valence-corrected chi connectivity index (χ1v) is 7.69. The zero-order chi connectivity index (χ0) is 13.4. The van der Waals surface area contributed by atoms with Crippen LogP contribution >= 0.6 is 0 Å². The maximum atomic E-state index is 4.49. The summed E-state index contributed by atoms with van der Waals surface area (Å²) >= 11 is 0. The predicted molar refractivity (Wildman–Crippen MR) is 79.0 cm³/mol.